The lowest BCUT2D eigenvalue weighted by molar-refractivity contribution is -0.0846. The summed E-state index contributed by atoms with van der Waals surface area (Å²) in [6.45, 7) is 4.49. The molecule has 1 aromatic carbocycles. The van der Waals surface area contributed by atoms with Gasteiger partial charge in [0.2, 0.25) is 0 Å². The van der Waals surface area contributed by atoms with Gasteiger partial charge in [0.15, 0.2) is 0 Å². The van der Waals surface area contributed by atoms with Crippen LogP contribution in [0, 0.1) is 17.7 Å². The Morgan fingerprint density at radius 1 is 1.33 bits per heavy atom. The van der Waals surface area contributed by atoms with Crippen molar-refractivity contribution in [2.45, 2.75) is 44.8 Å². The molecule has 1 aliphatic heterocycles. The average molecular weight is 249 g/mol. The number of benzene rings is 1. The number of ether oxygens (including phenoxy) is 1. The molecule has 0 amide bonds. The lowest BCUT2D eigenvalue weighted by Crippen LogP contribution is -2.54. The van der Waals surface area contributed by atoms with Gasteiger partial charge in [0, 0.05) is 24.1 Å². The molecule has 1 aromatic rings. The Labute approximate surface area is 107 Å². The van der Waals surface area contributed by atoms with Crippen molar-refractivity contribution in [1.82, 2.24) is 0 Å². The summed E-state index contributed by atoms with van der Waals surface area (Å²) in [5.41, 5.74) is 7.01. The third-order valence-corrected chi connectivity index (χ3v) is 4.50. The maximum Gasteiger partial charge on any atom is 0.127 e. The van der Waals surface area contributed by atoms with Gasteiger partial charge in [-0.15, -0.1) is 0 Å². The highest BCUT2D eigenvalue weighted by Gasteiger charge is 2.50. The highest BCUT2D eigenvalue weighted by Crippen LogP contribution is 2.52. The molecule has 1 atom stereocenters. The van der Waals surface area contributed by atoms with Gasteiger partial charge in [-0.2, -0.15) is 0 Å². The maximum absolute atomic E-state index is 13.3. The van der Waals surface area contributed by atoms with Crippen LogP contribution in [0.2, 0.25) is 0 Å². The largest absolute Gasteiger partial charge is 0.487 e. The molecule has 18 heavy (non-hydrogen) atoms. The smallest absolute Gasteiger partial charge is 0.127 e. The van der Waals surface area contributed by atoms with E-state index in [0.29, 0.717) is 17.6 Å². The van der Waals surface area contributed by atoms with Gasteiger partial charge >= 0.3 is 0 Å². The molecule has 0 unspecified atom stereocenters. The van der Waals surface area contributed by atoms with E-state index in [-0.39, 0.29) is 17.5 Å². The first-order valence-corrected chi connectivity index (χ1v) is 6.73. The van der Waals surface area contributed by atoms with Crippen LogP contribution in [0.1, 0.15) is 44.7 Å². The fourth-order valence-corrected chi connectivity index (χ4v) is 3.31. The molecule has 0 radical (unpaired) electrons. The summed E-state index contributed by atoms with van der Waals surface area (Å²) >= 11 is 0. The van der Waals surface area contributed by atoms with Crippen LogP contribution in [0.15, 0.2) is 18.2 Å². The van der Waals surface area contributed by atoms with Gasteiger partial charge in [-0.3, -0.25) is 0 Å². The number of hydrogen-bond acceptors (Lipinski definition) is 2. The Hall–Kier alpha value is -1.09. The lowest BCUT2D eigenvalue weighted by atomic mass is 9.62. The van der Waals surface area contributed by atoms with Gasteiger partial charge in [-0.05, 0) is 30.7 Å². The Morgan fingerprint density at radius 3 is 2.72 bits per heavy atom. The van der Waals surface area contributed by atoms with Gasteiger partial charge in [0.25, 0.3) is 0 Å². The first kappa shape index (κ1) is 12.0. The van der Waals surface area contributed by atoms with Crippen molar-refractivity contribution in [2.75, 3.05) is 0 Å². The first-order valence-electron chi connectivity index (χ1n) is 6.73. The third-order valence-electron chi connectivity index (χ3n) is 4.50. The summed E-state index contributed by atoms with van der Waals surface area (Å²) in [5, 5.41) is 0. The number of rotatable bonds is 1. The van der Waals surface area contributed by atoms with Crippen LogP contribution in [0.5, 0.6) is 5.75 Å². The van der Waals surface area contributed by atoms with E-state index in [4.69, 9.17) is 10.5 Å². The van der Waals surface area contributed by atoms with E-state index in [0.717, 1.165) is 24.8 Å². The molecule has 2 N–H and O–H groups in total. The van der Waals surface area contributed by atoms with E-state index >= 15 is 0 Å². The van der Waals surface area contributed by atoms with Crippen molar-refractivity contribution in [3.8, 4) is 5.75 Å². The fraction of sp³-hybridized carbons (Fsp3) is 0.600. The Bertz CT molecular complexity index is 466. The zero-order chi connectivity index (χ0) is 12.9. The van der Waals surface area contributed by atoms with Crippen LogP contribution >= 0.6 is 0 Å². The Morgan fingerprint density at radius 2 is 2.06 bits per heavy atom. The van der Waals surface area contributed by atoms with E-state index in [2.05, 4.69) is 13.8 Å². The molecule has 3 heteroatoms. The Balaban J connectivity index is 1.84. The number of halogens is 1. The van der Waals surface area contributed by atoms with Gasteiger partial charge < -0.3 is 10.5 Å². The van der Waals surface area contributed by atoms with E-state index in [1.54, 1.807) is 6.07 Å². The molecule has 1 heterocycles. The summed E-state index contributed by atoms with van der Waals surface area (Å²) in [4.78, 5) is 0. The SMILES string of the molecule is CC(C)C1CC2(C1)C[C@H](N)c1ccc(F)cc1O2. The summed E-state index contributed by atoms with van der Waals surface area (Å²) in [6, 6.07) is 4.65. The summed E-state index contributed by atoms with van der Waals surface area (Å²) in [6.07, 6.45) is 2.96. The van der Waals surface area contributed by atoms with Crippen LogP contribution in [0.25, 0.3) is 0 Å². The van der Waals surface area contributed by atoms with Crippen LogP contribution in [-0.4, -0.2) is 5.60 Å². The van der Waals surface area contributed by atoms with Crippen molar-refractivity contribution in [3.05, 3.63) is 29.6 Å². The van der Waals surface area contributed by atoms with Crippen molar-refractivity contribution in [3.63, 3.8) is 0 Å². The predicted octanol–water partition coefficient (Wildman–Crippen LogP) is 3.41. The molecular formula is C15H20FNO. The number of hydrogen-bond donors (Lipinski definition) is 1. The lowest BCUT2D eigenvalue weighted by Gasteiger charge is -2.52. The van der Waals surface area contributed by atoms with E-state index < -0.39 is 0 Å². The molecule has 1 fully saturated rings. The van der Waals surface area contributed by atoms with Gasteiger partial charge in [-0.1, -0.05) is 19.9 Å². The number of nitrogens with two attached hydrogens (primary N) is 1. The van der Waals surface area contributed by atoms with Crippen molar-refractivity contribution < 1.29 is 9.13 Å². The standard InChI is InChI=1S/C15H20FNO/c1-9(2)10-6-15(7-10)8-13(17)12-4-3-11(16)5-14(12)18-15/h3-5,9-10,13H,6-8,17H2,1-2H3/t10?,13-,15?/m0/s1. The minimum absolute atomic E-state index is 0.0255. The van der Waals surface area contributed by atoms with Gasteiger partial charge in [0.1, 0.15) is 17.2 Å². The zero-order valence-corrected chi connectivity index (χ0v) is 10.9. The van der Waals surface area contributed by atoms with Crippen LogP contribution in [-0.2, 0) is 0 Å². The highest BCUT2D eigenvalue weighted by atomic mass is 19.1. The molecule has 3 rings (SSSR count). The average Bonchev–Trinajstić information content (AvgIpc) is 2.24. The minimum Gasteiger partial charge on any atom is -0.487 e. The molecule has 1 saturated carbocycles. The van der Waals surface area contributed by atoms with E-state index in [1.165, 1.54) is 12.1 Å². The highest BCUT2D eigenvalue weighted by molar-refractivity contribution is 5.39. The number of fused-ring (bicyclic) bond motifs is 1. The van der Waals surface area contributed by atoms with Gasteiger partial charge in [0.05, 0.1) is 0 Å². The van der Waals surface area contributed by atoms with Crippen LogP contribution in [0.4, 0.5) is 4.39 Å². The van der Waals surface area contributed by atoms with E-state index in [9.17, 15) is 4.39 Å². The topological polar surface area (TPSA) is 35.2 Å². The van der Waals surface area contributed by atoms with Crippen molar-refractivity contribution in [1.29, 1.82) is 0 Å². The third kappa shape index (κ3) is 1.81. The summed E-state index contributed by atoms with van der Waals surface area (Å²) in [5.74, 6) is 1.80. The van der Waals surface area contributed by atoms with Crippen LogP contribution in [0.3, 0.4) is 0 Å². The monoisotopic (exact) mass is 249 g/mol. The second-order valence-electron chi connectivity index (χ2n) is 6.19. The summed E-state index contributed by atoms with van der Waals surface area (Å²) in [7, 11) is 0. The molecule has 0 aromatic heterocycles. The maximum atomic E-state index is 13.3. The first-order chi connectivity index (χ1) is 8.49. The van der Waals surface area contributed by atoms with Crippen LogP contribution < -0.4 is 10.5 Å². The normalized spacial score (nSPS) is 34.1. The molecule has 0 bridgehead atoms. The molecule has 1 aliphatic carbocycles. The fourth-order valence-electron chi connectivity index (χ4n) is 3.31. The molecule has 0 saturated heterocycles. The molecule has 2 nitrogen and oxygen atoms in total. The van der Waals surface area contributed by atoms with Crippen molar-refractivity contribution >= 4 is 0 Å². The minimum atomic E-state index is -0.252. The molecule has 1 spiro atoms. The zero-order valence-electron chi connectivity index (χ0n) is 10.9. The molecular weight excluding hydrogens is 229 g/mol. The second kappa shape index (κ2) is 3.95. The predicted molar refractivity (Wildman–Crippen MR) is 68.9 cm³/mol. The van der Waals surface area contributed by atoms with E-state index in [1.807, 2.05) is 0 Å². The molecule has 98 valence electrons. The Kier molecular flexibility index (Phi) is 2.63. The quantitative estimate of drug-likeness (QED) is 0.827. The van der Waals surface area contributed by atoms with Crippen molar-refractivity contribution in [2.24, 2.45) is 17.6 Å². The van der Waals surface area contributed by atoms with Gasteiger partial charge in [-0.25, -0.2) is 4.39 Å². The molecule has 2 aliphatic rings. The summed E-state index contributed by atoms with van der Waals surface area (Å²) < 4.78 is 19.3. The second-order valence-corrected chi connectivity index (χ2v) is 6.19.